The number of amides is 1. The monoisotopic (exact) mass is 594 g/mol. The van der Waals surface area contributed by atoms with Gasteiger partial charge < -0.3 is 18.9 Å². The number of benzene rings is 1. The predicted molar refractivity (Wildman–Crippen MR) is 166 cm³/mol. The van der Waals surface area contributed by atoms with Gasteiger partial charge in [0.2, 0.25) is 5.88 Å². The molecule has 4 atom stereocenters. The van der Waals surface area contributed by atoms with E-state index < -0.39 is 41.6 Å². The molecular weight excluding hydrogens is 544 g/mol. The number of nitrogens with zero attached hydrogens (tertiary/aromatic N) is 2. The van der Waals surface area contributed by atoms with Gasteiger partial charge in [-0.3, -0.25) is 4.90 Å². The van der Waals surface area contributed by atoms with Gasteiger partial charge in [-0.25, -0.2) is 14.6 Å². The summed E-state index contributed by atoms with van der Waals surface area (Å²) in [6.45, 7) is 16.4. The SMILES string of the molecule is CCOC(=O)[C@@H]1[C@@H](C(C)(C)C)[C@H](OCc2cc(C3CCC3)cnc2OC)[C@H](c2ccccc2C(C)C)N1C(=O)OC(C)C. The minimum absolute atomic E-state index is 0.179. The van der Waals surface area contributed by atoms with E-state index in [2.05, 4.69) is 51.7 Å². The van der Waals surface area contributed by atoms with Crippen LogP contribution in [0.5, 0.6) is 5.88 Å². The zero-order valence-corrected chi connectivity index (χ0v) is 27.4. The fourth-order valence-corrected chi connectivity index (χ4v) is 6.61. The molecule has 2 fully saturated rings. The van der Waals surface area contributed by atoms with Crippen LogP contribution in [0.3, 0.4) is 0 Å². The van der Waals surface area contributed by atoms with Gasteiger partial charge in [0.15, 0.2) is 0 Å². The van der Waals surface area contributed by atoms with E-state index in [-0.39, 0.29) is 25.2 Å². The number of hydrogen-bond donors (Lipinski definition) is 0. The summed E-state index contributed by atoms with van der Waals surface area (Å²) in [6.07, 6.45) is 3.98. The summed E-state index contributed by atoms with van der Waals surface area (Å²) in [5.74, 6) is 0.354. The van der Waals surface area contributed by atoms with Crippen LogP contribution in [-0.2, 0) is 25.6 Å². The van der Waals surface area contributed by atoms with E-state index in [0.717, 1.165) is 29.5 Å². The third kappa shape index (κ3) is 7.00. The Labute approximate surface area is 257 Å². The molecule has 1 saturated heterocycles. The largest absolute Gasteiger partial charge is 0.481 e. The maximum absolute atomic E-state index is 14.0. The molecule has 1 saturated carbocycles. The summed E-state index contributed by atoms with van der Waals surface area (Å²) < 4.78 is 24.0. The first-order valence-corrected chi connectivity index (χ1v) is 15.8. The lowest BCUT2D eigenvalue weighted by molar-refractivity contribution is -0.151. The van der Waals surface area contributed by atoms with Gasteiger partial charge in [-0.1, -0.05) is 65.3 Å². The fraction of sp³-hybridized carbons (Fsp3) is 0.629. The van der Waals surface area contributed by atoms with Crippen LogP contribution in [0.4, 0.5) is 4.79 Å². The van der Waals surface area contributed by atoms with Crippen LogP contribution in [0.2, 0.25) is 0 Å². The Kier molecular flexibility index (Phi) is 10.4. The van der Waals surface area contributed by atoms with E-state index in [9.17, 15) is 9.59 Å². The maximum Gasteiger partial charge on any atom is 0.411 e. The second-order valence-corrected chi connectivity index (χ2v) is 13.5. The fourth-order valence-electron chi connectivity index (χ4n) is 6.61. The van der Waals surface area contributed by atoms with Crippen LogP contribution in [0.15, 0.2) is 36.5 Å². The van der Waals surface area contributed by atoms with Crippen LogP contribution in [0, 0.1) is 11.3 Å². The Morgan fingerprint density at radius 2 is 1.79 bits per heavy atom. The number of pyridine rings is 1. The zero-order valence-electron chi connectivity index (χ0n) is 27.4. The number of hydrogen-bond acceptors (Lipinski definition) is 7. The molecular formula is C35H50N2O6. The summed E-state index contributed by atoms with van der Waals surface area (Å²) in [5, 5.41) is 0. The number of carbonyl (C=O) groups excluding carboxylic acids is 2. The summed E-state index contributed by atoms with van der Waals surface area (Å²) in [4.78, 5) is 34.0. The standard InChI is InChI=1S/C35H50N2O6/c1-10-41-33(38)30-28(35(6,7)8)31(42-20-25-18-24(23-14-13-15-23)19-36-32(25)40-9)29(37(30)34(39)43-22(4)5)27-17-12-11-16-26(27)21(2)3/h11-12,16-19,21-23,28-31H,10,13-15,20H2,1-9H3/t28-,29+,30+,31+/m1/s1. The Hall–Kier alpha value is -3.13. The zero-order chi connectivity index (χ0) is 31.5. The normalized spacial score (nSPS) is 22.5. The minimum Gasteiger partial charge on any atom is -0.481 e. The average Bonchev–Trinajstić information content (AvgIpc) is 3.26. The van der Waals surface area contributed by atoms with Crippen LogP contribution < -0.4 is 4.74 Å². The summed E-state index contributed by atoms with van der Waals surface area (Å²) >= 11 is 0. The van der Waals surface area contributed by atoms with Gasteiger partial charge in [0.05, 0.1) is 38.6 Å². The molecule has 4 rings (SSSR count). The van der Waals surface area contributed by atoms with Crippen molar-refractivity contribution in [3.63, 3.8) is 0 Å². The quantitative estimate of drug-likeness (QED) is 0.262. The Morgan fingerprint density at radius 1 is 1.09 bits per heavy atom. The molecule has 1 aliphatic carbocycles. The van der Waals surface area contributed by atoms with Gasteiger partial charge in [-0.15, -0.1) is 0 Å². The van der Waals surface area contributed by atoms with Crippen molar-refractivity contribution in [2.75, 3.05) is 13.7 Å². The van der Waals surface area contributed by atoms with E-state index in [4.69, 9.17) is 18.9 Å². The topological polar surface area (TPSA) is 87.2 Å². The van der Waals surface area contributed by atoms with Gasteiger partial charge in [-0.05, 0) is 73.6 Å². The molecule has 0 spiro atoms. The average molecular weight is 595 g/mol. The van der Waals surface area contributed by atoms with Crippen LogP contribution in [0.1, 0.15) is 115 Å². The highest BCUT2D eigenvalue weighted by Crippen LogP contribution is 2.51. The molecule has 1 amide bonds. The second-order valence-electron chi connectivity index (χ2n) is 13.5. The van der Waals surface area contributed by atoms with Crippen molar-refractivity contribution in [3.05, 3.63) is 58.8 Å². The first-order valence-electron chi connectivity index (χ1n) is 15.8. The van der Waals surface area contributed by atoms with E-state index in [1.54, 1.807) is 18.9 Å². The van der Waals surface area contributed by atoms with Gasteiger partial charge in [0.25, 0.3) is 0 Å². The second kappa shape index (κ2) is 13.7. The van der Waals surface area contributed by atoms with Crippen molar-refractivity contribution in [1.82, 2.24) is 9.88 Å². The molecule has 8 heteroatoms. The summed E-state index contributed by atoms with van der Waals surface area (Å²) in [6, 6.07) is 8.76. The Morgan fingerprint density at radius 3 is 2.35 bits per heavy atom. The molecule has 2 aliphatic rings. The first kappa shape index (κ1) is 32.8. The molecule has 1 aromatic heterocycles. The number of aromatic nitrogens is 1. The molecule has 1 aliphatic heterocycles. The molecule has 1 aromatic carbocycles. The summed E-state index contributed by atoms with van der Waals surface area (Å²) in [7, 11) is 1.62. The van der Waals surface area contributed by atoms with Crippen molar-refractivity contribution in [3.8, 4) is 5.88 Å². The van der Waals surface area contributed by atoms with Gasteiger partial charge in [-0.2, -0.15) is 0 Å². The van der Waals surface area contributed by atoms with Crippen LogP contribution in [0.25, 0.3) is 0 Å². The van der Waals surface area contributed by atoms with E-state index in [1.165, 1.54) is 12.0 Å². The molecule has 2 heterocycles. The van der Waals surface area contributed by atoms with Crippen molar-refractivity contribution in [2.24, 2.45) is 11.3 Å². The number of carbonyl (C=O) groups is 2. The summed E-state index contributed by atoms with van der Waals surface area (Å²) in [5.41, 5.74) is 3.64. The van der Waals surface area contributed by atoms with Crippen LogP contribution >= 0.6 is 0 Å². The highest BCUT2D eigenvalue weighted by atomic mass is 16.6. The van der Waals surface area contributed by atoms with Gasteiger partial charge in [0, 0.05) is 17.7 Å². The van der Waals surface area contributed by atoms with Crippen LogP contribution in [-0.4, -0.2) is 53.9 Å². The Balaban J connectivity index is 1.87. The molecule has 0 N–H and O–H groups in total. The van der Waals surface area contributed by atoms with Crippen molar-refractivity contribution in [1.29, 1.82) is 0 Å². The van der Waals surface area contributed by atoms with E-state index in [1.807, 2.05) is 38.2 Å². The highest BCUT2D eigenvalue weighted by molar-refractivity contribution is 5.83. The molecule has 0 unspecified atom stereocenters. The lowest BCUT2D eigenvalue weighted by atomic mass is 9.73. The lowest BCUT2D eigenvalue weighted by Crippen LogP contribution is -2.48. The molecule has 8 nitrogen and oxygen atoms in total. The van der Waals surface area contributed by atoms with Gasteiger partial charge >= 0.3 is 12.1 Å². The van der Waals surface area contributed by atoms with Crippen molar-refractivity contribution < 1.29 is 28.5 Å². The third-order valence-electron chi connectivity index (χ3n) is 8.76. The number of likely N-dealkylation sites (tertiary alicyclic amines) is 1. The number of methoxy groups -OCH3 is 1. The third-order valence-corrected chi connectivity index (χ3v) is 8.76. The maximum atomic E-state index is 14.0. The smallest absolute Gasteiger partial charge is 0.411 e. The van der Waals surface area contributed by atoms with Crippen molar-refractivity contribution in [2.45, 2.75) is 117 Å². The molecule has 0 bridgehead atoms. The molecule has 236 valence electrons. The molecule has 2 aromatic rings. The number of rotatable bonds is 10. The number of ether oxygens (including phenoxy) is 4. The minimum atomic E-state index is -0.900. The molecule has 43 heavy (non-hydrogen) atoms. The Bertz CT molecular complexity index is 1270. The predicted octanol–water partition coefficient (Wildman–Crippen LogP) is 7.56. The van der Waals surface area contributed by atoms with Crippen molar-refractivity contribution >= 4 is 12.1 Å². The highest BCUT2D eigenvalue weighted by Gasteiger charge is 2.60. The number of esters is 1. The molecule has 0 radical (unpaired) electrons. The lowest BCUT2D eigenvalue weighted by Gasteiger charge is -2.35. The first-order chi connectivity index (χ1) is 20.4. The van der Waals surface area contributed by atoms with E-state index >= 15 is 0 Å². The van der Waals surface area contributed by atoms with Gasteiger partial charge in [0.1, 0.15) is 6.04 Å². The van der Waals surface area contributed by atoms with E-state index in [0.29, 0.717) is 11.8 Å².